The van der Waals surface area contributed by atoms with Crippen LogP contribution in [0.5, 0.6) is 0 Å². The molecule has 3 N–H and O–H groups in total. The molecule has 1 amide bonds. The molecule has 0 aromatic carbocycles. The van der Waals surface area contributed by atoms with Crippen molar-refractivity contribution in [2.24, 2.45) is 0 Å². The summed E-state index contributed by atoms with van der Waals surface area (Å²) >= 11 is 0. The Hall–Kier alpha value is -1.36. The summed E-state index contributed by atoms with van der Waals surface area (Å²) in [5.41, 5.74) is 0.380. The molecule has 0 aliphatic carbocycles. The standard InChI is InChI=1S/C12H22N4O/c1-11(2,3)8-7-9(16-15-8)14-10(17)12(4,5)13-6/h7,13H,1-6H3,(H2,14,15,16,17). The molecule has 96 valence electrons. The molecule has 0 saturated carbocycles. The first kappa shape index (κ1) is 13.7. The van der Waals surface area contributed by atoms with Gasteiger partial charge >= 0.3 is 0 Å². The van der Waals surface area contributed by atoms with Crippen LogP contribution in [0.3, 0.4) is 0 Å². The molecule has 0 bridgehead atoms. The van der Waals surface area contributed by atoms with Crippen LogP contribution in [0.1, 0.15) is 40.3 Å². The quantitative estimate of drug-likeness (QED) is 0.750. The maximum absolute atomic E-state index is 11.9. The Balaban J connectivity index is 2.77. The van der Waals surface area contributed by atoms with E-state index in [1.54, 1.807) is 7.05 Å². The monoisotopic (exact) mass is 238 g/mol. The fourth-order valence-corrected chi connectivity index (χ4v) is 1.16. The van der Waals surface area contributed by atoms with Crippen molar-refractivity contribution in [1.82, 2.24) is 15.5 Å². The normalized spacial score (nSPS) is 12.6. The van der Waals surface area contributed by atoms with E-state index in [1.165, 1.54) is 0 Å². The number of hydrogen-bond donors (Lipinski definition) is 3. The molecule has 0 aliphatic rings. The third-order valence-corrected chi connectivity index (χ3v) is 2.82. The molecule has 1 aromatic heterocycles. The van der Waals surface area contributed by atoms with Crippen molar-refractivity contribution in [3.63, 3.8) is 0 Å². The first-order valence-corrected chi connectivity index (χ1v) is 5.73. The highest BCUT2D eigenvalue weighted by molar-refractivity contribution is 5.96. The number of carbonyl (C=O) groups excluding carboxylic acids is 1. The molecule has 0 radical (unpaired) electrons. The Labute approximate surface area is 102 Å². The van der Waals surface area contributed by atoms with Crippen LogP contribution >= 0.6 is 0 Å². The molecular weight excluding hydrogens is 216 g/mol. The number of hydrogen-bond acceptors (Lipinski definition) is 3. The van der Waals surface area contributed by atoms with Gasteiger partial charge in [0, 0.05) is 17.2 Å². The van der Waals surface area contributed by atoms with Gasteiger partial charge in [-0.2, -0.15) is 5.10 Å². The first-order chi connectivity index (χ1) is 7.66. The van der Waals surface area contributed by atoms with Crippen LogP contribution < -0.4 is 10.6 Å². The van der Waals surface area contributed by atoms with Crippen LogP contribution in [0.4, 0.5) is 5.82 Å². The number of anilines is 1. The number of aromatic amines is 1. The molecule has 1 rings (SSSR count). The number of H-pyrrole nitrogens is 1. The van der Waals surface area contributed by atoms with Gasteiger partial charge in [0.2, 0.25) is 5.91 Å². The summed E-state index contributed by atoms with van der Waals surface area (Å²) < 4.78 is 0. The van der Waals surface area contributed by atoms with Gasteiger partial charge in [-0.05, 0) is 20.9 Å². The molecule has 0 saturated heterocycles. The molecule has 5 heteroatoms. The second kappa shape index (κ2) is 4.49. The van der Waals surface area contributed by atoms with E-state index in [0.29, 0.717) is 5.82 Å². The molecule has 0 unspecified atom stereocenters. The van der Waals surface area contributed by atoms with E-state index in [4.69, 9.17) is 0 Å². The Morgan fingerprint density at radius 1 is 1.29 bits per heavy atom. The third-order valence-electron chi connectivity index (χ3n) is 2.82. The zero-order valence-electron chi connectivity index (χ0n) is 11.4. The smallest absolute Gasteiger partial charge is 0.245 e. The number of carbonyl (C=O) groups is 1. The van der Waals surface area contributed by atoms with Gasteiger partial charge in [-0.3, -0.25) is 9.89 Å². The van der Waals surface area contributed by atoms with Crippen molar-refractivity contribution < 1.29 is 4.79 Å². The Bertz CT molecular complexity index is 401. The molecule has 0 aliphatic heterocycles. The maximum atomic E-state index is 11.9. The highest BCUT2D eigenvalue weighted by Gasteiger charge is 2.26. The minimum absolute atomic E-state index is 0.00545. The second-order valence-corrected chi connectivity index (χ2v) is 5.75. The van der Waals surface area contributed by atoms with Gasteiger partial charge in [-0.1, -0.05) is 20.8 Å². The Morgan fingerprint density at radius 2 is 1.88 bits per heavy atom. The van der Waals surface area contributed by atoms with E-state index < -0.39 is 5.54 Å². The van der Waals surface area contributed by atoms with Crippen LogP contribution in [0.2, 0.25) is 0 Å². The molecular formula is C12H22N4O. The fraction of sp³-hybridized carbons (Fsp3) is 0.667. The number of likely N-dealkylation sites (N-methyl/N-ethyl adjacent to an activating group) is 1. The third kappa shape index (κ3) is 3.30. The molecule has 0 fully saturated rings. The fourth-order valence-electron chi connectivity index (χ4n) is 1.16. The molecule has 0 spiro atoms. The number of nitrogens with zero attached hydrogens (tertiary/aromatic N) is 1. The van der Waals surface area contributed by atoms with Crippen molar-refractivity contribution in [2.45, 2.75) is 45.6 Å². The van der Waals surface area contributed by atoms with E-state index in [2.05, 4.69) is 41.6 Å². The molecule has 5 nitrogen and oxygen atoms in total. The topological polar surface area (TPSA) is 69.8 Å². The highest BCUT2D eigenvalue weighted by atomic mass is 16.2. The first-order valence-electron chi connectivity index (χ1n) is 5.73. The minimum atomic E-state index is -0.610. The second-order valence-electron chi connectivity index (χ2n) is 5.75. The Morgan fingerprint density at radius 3 is 2.29 bits per heavy atom. The van der Waals surface area contributed by atoms with E-state index >= 15 is 0 Å². The van der Waals surface area contributed by atoms with E-state index in [-0.39, 0.29) is 11.3 Å². The van der Waals surface area contributed by atoms with Crippen molar-refractivity contribution >= 4 is 11.7 Å². The average molecular weight is 238 g/mol. The minimum Gasteiger partial charge on any atom is -0.308 e. The summed E-state index contributed by atoms with van der Waals surface area (Å²) in [4.78, 5) is 11.9. The molecule has 0 atom stereocenters. The maximum Gasteiger partial charge on any atom is 0.245 e. The van der Waals surface area contributed by atoms with Crippen LogP contribution in [0.15, 0.2) is 6.07 Å². The lowest BCUT2D eigenvalue weighted by atomic mass is 9.92. The summed E-state index contributed by atoms with van der Waals surface area (Å²) in [5.74, 6) is 0.454. The van der Waals surface area contributed by atoms with Crippen LogP contribution in [0, 0.1) is 0 Å². The SMILES string of the molecule is CNC(C)(C)C(=O)Nc1cc(C(C)(C)C)[nH]n1. The lowest BCUT2D eigenvalue weighted by Crippen LogP contribution is -2.47. The van der Waals surface area contributed by atoms with Gasteiger partial charge in [0.15, 0.2) is 5.82 Å². The van der Waals surface area contributed by atoms with Gasteiger partial charge < -0.3 is 10.6 Å². The number of rotatable bonds is 3. The number of aromatic nitrogens is 2. The number of nitrogens with one attached hydrogen (secondary N) is 3. The average Bonchev–Trinajstić information content (AvgIpc) is 2.65. The lowest BCUT2D eigenvalue weighted by molar-refractivity contribution is -0.121. The van der Waals surface area contributed by atoms with Crippen molar-refractivity contribution in [3.05, 3.63) is 11.8 Å². The van der Waals surface area contributed by atoms with Crippen LogP contribution in [0.25, 0.3) is 0 Å². The van der Waals surface area contributed by atoms with Gasteiger partial charge in [0.25, 0.3) is 0 Å². The Kier molecular flexibility index (Phi) is 3.62. The largest absolute Gasteiger partial charge is 0.308 e. The summed E-state index contributed by atoms with van der Waals surface area (Å²) in [6.45, 7) is 9.90. The van der Waals surface area contributed by atoms with Crippen molar-refractivity contribution in [1.29, 1.82) is 0 Å². The zero-order chi connectivity index (χ0) is 13.3. The summed E-state index contributed by atoms with van der Waals surface area (Å²) in [6, 6.07) is 1.86. The van der Waals surface area contributed by atoms with Crippen LogP contribution in [-0.4, -0.2) is 28.7 Å². The van der Waals surface area contributed by atoms with Crippen molar-refractivity contribution in [2.75, 3.05) is 12.4 Å². The van der Waals surface area contributed by atoms with E-state index in [1.807, 2.05) is 19.9 Å². The van der Waals surface area contributed by atoms with Gasteiger partial charge in [-0.15, -0.1) is 0 Å². The predicted octanol–water partition coefficient (Wildman–Crippen LogP) is 1.64. The van der Waals surface area contributed by atoms with Crippen molar-refractivity contribution in [3.8, 4) is 0 Å². The van der Waals surface area contributed by atoms with Crippen LogP contribution in [-0.2, 0) is 10.2 Å². The molecule has 1 heterocycles. The summed E-state index contributed by atoms with van der Waals surface area (Å²) in [5, 5.41) is 12.8. The van der Waals surface area contributed by atoms with Gasteiger partial charge in [0.1, 0.15) is 0 Å². The van der Waals surface area contributed by atoms with Gasteiger partial charge in [0.05, 0.1) is 5.54 Å². The predicted molar refractivity (Wildman–Crippen MR) is 69.1 cm³/mol. The summed E-state index contributed by atoms with van der Waals surface area (Å²) in [6.07, 6.45) is 0. The van der Waals surface area contributed by atoms with E-state index in [0.717, 1.165) is 5.69 Å². The zero-order valence-corrected chi connectivity index (χ0v) is 11.4. The molecule has 17 heavy (non-hydrogen) atoms. The van der Waals surface area contributed by atoms with Gasteiger partial charge in [-0.25, -0.2) is 0 Å². The molecule has 1 aromatic rings. The lowest BCUT2D eigenvalue weighted by Gasteiger charge is -2.21. The summed E-state index contributed by atoms with van der Waals surface area (Å²) in [7, 11) is 1.75. The van der Waals surface area contributed by atoms with E-state index in [9.17, 15) is 4.79 Å². The highest BCUT2D eigenvalue weighted by Crippen LogP contribution is 2.22. The number of amides is 1.